The number of rotatable bonds is 9. The number of anilines is 1. The molecule has 2 heterocycles. The topological polar surface area (TPSA) is 147 Å². The van der Waals surface area contributed by atoms with Crippen LogP contribution in [0.5, 0.6) is 0 Å². The van der Waals surface area contributed by atoms with Crippen LogP contribution in [0.1, 0.15) is 18.7 Å². The van der Waals surface area contributed by atoms with Crippen LogP contribution >= 0.6 is 0 Å². The van der Waals surface area contributed by atoms with E-state index in [-0.39, 0.29) is 24.6 Å². The molecule has 0 bridgehead atoms. The minimum absolute atomic E-state index is 0.0566. The molecule has 34 heavy (non-hydrogen) atoms. The van der Waals surface area contributed by atoms with Gasteiger partial charge in [-0.3, -0.25) is 14.4 Å². The minimum atomic E-state index is -0.981. The number of imidazole rings is 1. The number of hydrogen-bond acceptors (Lipinski definition) is 6. The van der Waals surface area contributed by atoms with Gasteiger partial charge in [0.05, 0.1) is 24.7 Å². The van der Waals surface area contributed by atoms with E-state index in [0.29, 0.717) is 12.2 Å². The molecule has 0 radical (unpaired) electrons. The number of fused-ring (bicyclic) bond motifs is 1. The number of nitrogens with one attached hydrogen (secondary N) is 4. The molecule has 0 aliphatic carbocycles. The Bertz CT molecular complexity index is 1230. The van der Waals surface area contributed by atoms with Gasteiger partial charge < -0.3 is 30.2 Å². The van der Waals surface area contributed by atoms with Gasteiger partial charge in [-0.1, -0.05) is 18.2 Å². The molecule has 4 N–H and O–H groups in total. The average molecular weight is 466 g/mol. The van der Waals surface area contributed by atoms with Crippen LogP contribution in [-0.2, 0) is 20.9 Å². The van der Waals surface area contributed by atoms with E-state index in [1.807, 2.05) is 24.3 Å². The summed E-state index contributed by atoms with van der Waals surface area (Å²) in [5.41, 5.74) is 1.28. The standard InChI is InChI=1S/C23H26N6O5/c1-24-20(30)12-6-5-10-17(28-23(33)34-2)21(31)27-18-11-7-13-29(22(18)32)14-19-25-15-8-3-4-9-16(15)26-19/h3-4,6-9,11-13,17H,5,10,14H2,1-2H3,(H,24,30)(H,25,26)(H,27,31)(H,28,33)/b12-6+. The van der Waals surface area contributed by atoms with E-state index < -0.39 is 23.6 Å². The maximum Gasteiger partial charge on any atom is 0.407 e. The number of para-hydroxylation sites is 2. The SMILES string of the molecule is CNC(=O)/C=C/CCC(NC(=O)OC)C(=O)Nc1cccn(Cc2nc3ccccc3[nH]2)c1=O. The lowest BCUT2D eigenvalue weighted by molar-refractivity contribution is -0.118. The Morgan fingerprint density at radius 3 is 2.74 bits per heavy atom. The van der Waals surface area contributed by atoms with E-state index >= 15 is 0 Å². The Labute approximate surface area is 195 Å². The normalized spacial score (nSPS) is 11.8. The van der Waals surface area contributed by atoms with Crippen molar-refractivity contribution in [1.29, 1.82) is 0 Å². The van der Waals surface area contributed by atoms with Crippen LogP contribution < -0.4 is 21.5 Å². The molecule has 0 aliphatic heterocycles. The molecule has 11 nitrogen and oxygen atoms in total. The summed E-state index contributed by atoms with van der Waals surface area (Å²) >= 11 is 0. The molecule has 0 aliphatic rings. The van der Waals surface area contributed by atoms with Crippen molar-refractivity contribution in [2.75, 3.05) is 19.5 Å². The zero-order valence-electron chi connectivity index (χ0n) is 18.8. The molecule has 1 aromatic carbocycles. The highest BCUT2D eigenvalue weighted by molar-refractivity contribution is 5.96. The second kappa shape index (κ2) is 11.5. The van der Waals surface area contributed by atoms with E-state index in [1.54, 1.807) is 18.3 Å². The van der Waals surface area contributed by atoms with Crippen LogP contribution in [0.15, 0.2) is 59.5 Å². The van der Waals surface area contributed by atoms with Gasteiger partial charge in [-0.25, -0.2) is 9.78 Å². The van der Waals surface area contributed by atoms with Crippen LogP contribution in [0.3, 0.4) is 0 Å². The number of ether oxygens (including phenoxy) is 1. The van der Waals surface area contributed by atoms with Gasteiger partial charge in [-0.05, 0) is 43.2 Å². The lowest BCUT2D eigenvalue weighted by Gasteiger charge is -2.17. The first kappa shape index (κ1) is 24.2. The van der Waals surface area contributed by atoms with Crippen LogP contribution in [0.25, 0.3) is 11.0 Å². The largest absolute Gasteiger partial charge is 0.453 e. The summed E-state index contributed by atoms with van der Waals surface area (Å²) in [5.74, 6) is -0.270. The Balaban J connectivity index is 1.72. The summed E-state index contributed by atoms with van der Waals surface area (Å²) in [6.45, 7) is 0.186. The summed E-state index contributed by atoms with van der Waals surface area (Å²) in [7, 11) is 2.69. The molecule has 0 fully saturated rings. The van der Waals surface area contributed by atoms with Crippen molar-refractivity contribution in [2.45, 2.75) is 25.4 Å². The highest BCUT2D eigenvalue weighted by Crippen LogP contribution is 2.11. The number of likely N-dealkylation sites (N-methyl/N-ethyl adjacent to an activating group) is 1. The van der Waals surface area contributed by atoms with Crippen molar-refractivity contribution < 1.29 is 19.1 Å². The molecule has 3 amide bonds. The quantitative estimate of drug-likeness (QED) is 0.352. The number of carbonyl (C=O) groups excluding carboxylic acids is 3. The highest BCUT2D eigenvalue weighted by Gasteiger charge is 2.22. The fourth-order valence-electron chi connectivity index (χ4n) is 3.22. The number of allylic oxidation sites excluding steroid dienone is 1. The van der Waals surface area contributed by atoms with Crippen LogP contribution in [0.4, 0.5) is 10.5 Å². The fourth-order valence-corrected chi connectivity index (χ4v) is 3.22. The summed E-state index contributed by atoms with van der Waals surface area (Å²) in [6.07, 6.45) is 4.25. The van der Waals surface area contributed by atoms with E-state index in [9.17, 15) is 19.2 Å². The molecule has 0 saturated carbocycles. The van der Waals surface area contributed by atoms with Gasteiger partial charge >= 0.3 is 6.09 Å². The third kappa shape index (κ3) is 6.31. The van der Waals surface area contributed by atoms with Gasteiger partial charge in [-0.2, -0.15) is 0 Å². The predicted molar refractivity (Wildman–Crippen MR) is 126 cm³/mol. The van der Waals surface area contributed by atoms with E-state index in [1.165, 1.54) is 30.9 Å². The molecule has 0 spiro atoms. The molecular formula is C23H26N6O5. The Morgan fingerprint density at radius 1 is 1.21 bits per heavy atom. The Kier molecular flexibility index (Phi) is 8.16. The maximum atomic E-state index is 12.9. The average Bonchev–Trinajstić information content (AvgIpc) is 3.25. The zero-order valence-corrected chi connectivity index (χ0v) is 18.8. The third-order valence-electron chi connectivity index (χ3n) is 4.97. The molecule has 3 aromatic rings. The van der Waals surface area contributed by atoms with Gasteiger partial charge in [0.2, 0.25) is 11.8 Å². The van der Waals surface area contributed by atoms with Gasteiger partial charge in [0.1, 0.15) is 17.6 Å². The molecule has 178 valence electrons. The number of carbonyl (C=O) groups is 3. The van der Waals surface area contributed by atoms with E-state index in [4.69, 9.17) is 0 Å². The maximum absolute atomic E-state index is 12.9. The summed E-state index contributed by atoms with van der Waals surface area (Å²) in [5, 5.41) is 7.47. The number of aromatic nitrogens is 3. The number of hydrogen-bond donors (Lipinski definition) is 4. The van der Waals surface area contributed by atoms with Crippen LogP contribution in [-0.4, -0.2) is 52.6 Å². The number of methoxy groups -OCH3 is 1. The Morgan fingerprint density at radius 2 is 2.00 bits per heavy atom. The minimum Gasteiger partial charge on any atom is -0.453 e. The number of H-pyrrole nitrogens is 1. The first-order chi connectivity index (χ1) is 16.4. The number of aromatic amines is 1. The molecular weight excluding hydrogens is 440 g/mol. The van der Waals surface area contributed by atoms with Crippen LogP contribution in [0.2, 0.25) is 0 Å². The third-order valence-corrected chi connectivity index (χ3v) is 4.97. The fraction of sp³-hybridized carbons (Fsp3) is 0.261. The second-order valence-electron chi connectivity index (χ2n) is 7.33. The number of benzene rings is 1. The zero-order chi connectivity index (χ0) is 24.5. The molecule has 11 heteroatoms. The Hall–Kier alpha value is -4.41. The number of amides is 3. The summed E-state index contributed by atoms with van der Waals surface area (Å²) < 4.78 is 6.01. The lowest BCUT2D eigenvalue weighted by Crippen LogP contribution is -2.44. The highest BCUT2D eigenvalue weighted by atomic mass is 16.5. The second-order valence-corrected chi connectivity index (χ2v) is 7.33. The smallest absolute Gasteiger partial charge is 0.407 e. The number of pyridine rings is 1. The number of nitrogens with zero attached hydrogens (tertiary/aromatic N) is 2. The molecule has 1 unspecified atom stereocenters. The lowest BCUT2D eigenvalue weighted by atomic mass is 10.1. The molecule has 1 atom stereocenters. The number of alkyl carbamates (subject to hydrolysis) is 1. The van der Waals surface area contributed by atoms with Gasteiger partial charge in [0.15, 0.2) is 0 Å². The molecule has 2 aromatic heterocycles. The monoisotopic (exact) mass is 466 g/mol. The van der Waals surface area contributed by atoms with E-state index in [2.05, 4.69) is 30.7 Å². The summed E-state index contributed by atoms with van der Waals surface area (Å²) in [4.78, 5) is 56.4. The molecule has 3 rings (SSSR count). The molecule has 0 saturated heterocycles. The summed E-state index contributed by atoms with van der Waals surface area (Å²) in [6, 6.07) is 9.66. The van der Waals surface area contributed by atoms with Crippen LogP contribution in [0, 0.1) is 0 Å². The van der Waals surface area contributed by atoms with Crippen molar-refractivity contribution in [2.24, 2.45) is 0 Å². The van der Waals surface area contributed by atoms with Crippen molar-refractivity contribution >= 4 is 34.6 Å². The van der Waals surface area contributed by atoms with Gasteiger partial charge in [0.25, 0.3) is 5.56 Å². The van der Waals surface area contributed by atoms with E-state index in [0.717, 1.165) is 11.0 Å². The van der Waals surface area contributed by atoms with Gasteiger partial charge in [0, 0.05) is 13.2 Å². The van der Waals surface area contributed by atoms with Crippen molar-refractivity contribution in [3.63, 3.8) is 0 Å². The van der Waals surface area contributed by atoms with Crippen molar-refractivity contribution in [3.8, 4) is 0 Å². The predicted octanol–water partition coefficient (Wildman–Crippen LogP) is 1.52. The van der Waals surface area contributed by atoms with Gasteiger partial charge in [-0.15, -0.1) is 0 Å². The van der Waals surface area contributed by atoms with Crippen molar-refractivity contribution in [3.05, 3.63) is 70.9 Å². The first-order valence-electron chi connectivity index (χ1n) is 10.6. The first-order valence-corrected chi connectivity index (χ1v) is 10.6. The van der Waals surface area contributed by atoms with Crippen molar-refractivity contribution in [1.82, 2.24) is 25.2 Å².